The van der Waals surface area contributed by atoms with Gasteiger partial charge in [0.15, 0.2) is 0 Å². The molecule has 1 aliphatic heterocycles. The Morgan fingerprint density at radius 2 is 2.24 bits per heavy atom. The second kappa shape index (κ2) is 3.96. The monoisotopic (exact) mass is 248 g/mol. The van der Waals surface area contributed by atoms with Gasteiger partial charge in [-0.25, -0.2) is 9.18 Å². The van der Waals surface area contributed by atoms with Gasteiger partial charge in [0.05, 0.1) is 0 Å². The number of alkyl halides is 1. The van der Waals surface area contributed by atoms with Crippen molar-refractivity contribution < 1.29 is 13.9 Å². The topological polar surface area (TPSA) is 26.3 Å². The summed E-state index contributed by atoms with van der Waals surface area (Å²) in [5, 5.41) is 1.99. The number of hydrogen-bond acceptors (Lipinski definition) is 3. The van der Waals surface area contributed by atoms with Crippen LogP contribution < -0.4 is 4.74 Å². The first-order valence-electron chi connectivity index (χ1n) is 5.26. The number of benzene rings is 1. The molecule has 1 aromatic heterocycles. The molecule has 3 rings (SSSR count). The lowest BCUT2D eigenvalue weighted by Gasteiger charge is -2.18. The highest BCUT2D eigenvalue weighted by Crippen LogP contribution is 2.32. The molecule has 0 saturated heterocycles. The molecule has 2 aromatic rings. The third-order valence-corrected chi connectivity index (χ3v) is 3.65. The number of hydrogen-bond donors (Lipinski definition) is 0. The van der Waals surface area contributed by atoms with E-state index in [0.29, 0.717) is 5.75 Å². The zero-order chi connectivity index (χ0) is 11.8. The van der Waals surface area contributed by atoms with Crippen molar-refractivity contribution in [3.05, 3.63) is 41.3 Å². The Labute approximate surface area is 102 Å². The summed E-state index contributed by atoms with van der Waals surface area (Å²) in [6.45, 7) is 0. The van der Waals surface area contributed by atoms with Crippen molar-refractivity contribution in [1.29, 1.82) is 0 Å². The van der Waals surface area contributed by atoms with Crippen LogP contribution in [0.3, 0.4) is 0 Å². The Bertz CT molecular complexity index is 563. The number of carbonyl (C=O) groups excluding carboxylic acids is 1. The molecular formula is C13H9FO2S. The smallest absolute Gasteiger partial charge is 0.346 e. The van der Waals surface area contributed by atoms with E-state index in [9.17, 15) is 9.18 Å². The van der Waals surface area contributed by atoms with Gasteiger partial charge in [0.25, 0.3) is 0 Å². The summed E-state index contributed by atoms with van der Waals surface area (Å²) in [5.74, 6) is -0.314. The van der Waals surface area contributed by atoms with Crippen molar-refractivity contribution in [2.24, 2.45) is 0 Å². The number of thiophene rings is 1. The van der Waals surface area contributed by atoms with Gasteiger partial charge in [0.2, 0.25) is 6.17 Å². The molecule has 1 atom stereocenters. The van der Waals surface area contributed by atoms with Crippen LogP contribution in [0.2, 0.25) is 0 Å². The molecule has 1 aromatic carbocycles. The summed E-state index contributed by atoms with van der Waals surface area (Å²) in [6.07, 6.45) is -1.44. The molecule has 4 heteroatoms. The Kier molecular flexibility index (Phi) is 2.44. The minimum Gasteiger partial charge on any atom is -0.424 e. The standard InChI is InChI=1S/C13H9FO2S/c14-10-7-9-6-8(12-2-1-5-17-12)3-4-11(9)16-13(10)15/h1-6,10H,7H2. The molecule has 2 nitrogen and oxygen atoms in total. The minimum absolute atomic E-state index is 0.105. The fourth-order valence-electron chi connectivity index (χ4n) is 1.88. The second-order valence-corrected chi connectivity index (χ2v) is 4.84. The number of fused-ring (bicyclic) bond motifs is 1. The lowest BCUT2D eigenvalue weighted by molar-refractivity contribution is -0.141. The van der Waals surface area contributed by atoms with Crippen LogP contribution in [0.25, 0.3) is 10.4 Å². The van der Waals surface area contributed by atoms with Crippen LogP contribution >= 0.6 is 11.3 Å². The molecule has 0 N–H and O–H groups in total. The molecule has 0 radical (unpaired) electrons. The highest BCUT2D eigenvalue weighted by molar-refractivity contribution is 7.13. The van der Waals surface area contributed by atoms with E-state index in [1.54, 1.807) is 17.4 Å². The maximum absolute atomic E-state index is 13.3. The molecule has 0 aliphatic carbocycles. The lowest BCUT2D eigenvalue weighted by atomic mass is 10.0. The van der Waals surface area contributed by atoms with Crippen molar-refractivity contribution in [3.8, 4) is 16.2 Å². The predicted molar refractivity (Wildman–Crippen MR) is 64.0 cm³/mol. The van der Waals surface area contributed by atoms with Crippen molar-refractivity contribution >= 4 is 17.3 Å². The first-order valence-corrected chi connectivity index (χ1v) is 6.14. The summed E-state index contributed by atoms with van der Waals surface area (Å²) in [4.78, 5) is 12.2. The van der Waals surface area contributed by atoms with Crippen molar-refractivity contribution in [2.45, 2.75) is 12.6 Å². The van der Waals surface area contributed by atoms with Crippen LogP contribution in [-0.2, 0) is 11.2 Å². The number of rotatable bonds is 1. The van der Waals surface area contributed by atoms with Gasteiger partial charge < -0.3 is 4.74 Å². The number of halogens is 1. The molecule has 0 amide bonds. The van der Waals surface area contributed by atoms with E-state index in [1.807, 2.05) is 29.6 Å². The SMILES string of the molecule is O=C1Oc2ccc(-c3cccs3)cc2CC1F. The molecule has 0 spiro atoms. The maximum atomic E-state index is 13.3. The van der Waals surface area contributed by atoms with Gasteiger partial charge >= 0.3 is 5.97 Å². The fraction of sp³-hybridized carbons (Fsp3) is 0.154. The Morgan fingerprint density at radius 1 is 1.35 bits per heavy atom. The maximum Gasteiger partial charge on any atom is 0.346 e. The largest absolute Gasteiger partial charge is 0.424 e. The molecule has 0 saturated carbocycles. The van der Waals surface area contributed by atoms with Crippen LogP contribution in [0.1, 0.15) is 5.56 Å². The van der Waals surface area contributed by atoms with E-state index in [0.717, 1.165) is 16.0 Å². The van der Waals surface area contributed by atoms with Crippen LogP contribution in [0.4, 0.5) is 4.39 Å². The summed E-state index contributed by atoms with van der Waals surface area (Å²) in [5.41, 5.74) is 1.78. The predicted octanol–water partition coefficient (Wildman–Crippen LogP) is 3.21. The van der Waals surface area contributed by atoms with Crippen molar-refractivity contribution in [2.75, 3.05) is 0 Å². The highest BCUT2D eigenvalue weighted by atomic mass is 32.1. The number of carbonyl (C=O) groups is 1. The van der Waals surface area contributed by atoms with E-state index >= 15 is 0 Å². The molecule has 0 fully saturated rings. The van der Waals surface area contributed by atoms with E-state index in [1.165, 1.54) is 0 Å². The lowest BCUT2D eigenvalue weighted by Crippen LogP contribution is -2.28. The van der Waals surface area contributed by atoms with Gasteiger partial charge in [-0.15, -0.1) is 11.3 Å². The molecule has 1 aliphatic rings. The quantitative estimate of drug-likeness (QED) is 0.572. The summed E-state index contributed by atoms with van der Waals surface area (Å²) < 4.78 is 18.2. The molecular weight excluding hydrogens is 239 g/mol. The van der Waals surface area contributed by atoms with Gasteiger partial charge in [-0.1, -0.05) is 6.07 Å². The van der Waals surface area contributed by atoms with Gasteiger partial charge in [-0.2, -0.15) is 0 Å². The summed E-state index contributed by atoms with van der Waals surface area (Å²) >= 11 is 1.63. The minimum atomic E-state index is -1.54. The zero-order valence-electron chi connectivity index (χ0n) is 8.85. The fourth-order valence-corrected chi connectivity index (χ4v) is 2.61. The van der Waals surface area contributed by atoms with Crippen LogP contribution in [0, 0.1) is 0 Å². The molecule has 0 bridgehead atoms. The summed E-state index contributed by atoms with van der Waals surface area (Å²) in [7, 11) is 0. The van der Waals surface area contributed by atoms with Crippen LogP contribution in [0.15, 0.2) is 35.7 Å². The van der Waals surface area contributed by atoms with Gasteiger partial charge in [0, 0.05) is 11.3 Å². The third kappa shape index (κ3) is 1.85. The summed E-state index contributed by atoms with van der Waals surface area (Å²) in [6, 6.07) is 9.48. The number of ether oxygens (including phenoxy) is 1. The Hall–Kier alpha value is -1.68. The first-order chi connectivity index (χ1) is 8.24. The molecule has 17 heavy (non-hydrogen) atoms. The first kappa shape index (κ1) is 10.5. The van der Waals surface area contributed by atoms with Gasteiger partial charge in [0.1, 0.15) is 5.75 Å². The second-order valence-electron chi connectivity index (χ2n) is 3.89. The third-order valence-electron chi connectivity index (χ3n) is 2.73. The average Bonchev–Trinajstić information content (AvgIpc) is 2.83. The van der Waals surface area contributed by atoms with Gasteiger partial charge in [-0.05, 0) is 40.8 Å². The average molecular weight is 248 g/mol. The highest BCUT2D eigenvalue weighted by Gasteiger charge is 2.28. The van der Waals surface area contributed by atoms with E-state index in [2.05, 4.69) is 0 Å². The normalized spacial score (nSPS) is 18.6. The van der Waals surface area contributed by atoms with Gasteiger partial charge in [-0.3, -0.25) is 0 Å². The van der Waals surface area contributed by atoms with E-state index in [4.69, 9.17) is 4.74 Å². The molecule has 86 valence electrons. The Balaban J connectivity index is 2.02. The van der Waals surface area contributed by atoms with E-state index in [-0.39, 0.29) is 6.42 Å². The molecule has 1 unspecified atom stereocenters. The van der Waals surface area contributed by atoms with Crippen LogP contribution in [-0.4, -0.2) is 12.1 Å². The number of esters is 1. The zero-order valence-corrected chi connectivity index (χ0v) is 9.67. The van der Waals surface area contributed by atoms with E-state index < -0.39 is 12.1 Å². The molecule has 2 heterocycles. The van der Waals surface area contributed by atoms with Crippen molar-refractivity contribution in [3.63, 3.8) is 0 Å². The van der Waals surface area contributed by atoms with Crippen molar-refractivity contribution in [1.82, 2.24) is 0 Å². The Morgan fingerprint density at radius 3 is 3.00 bits per heavy atom. The van der Waals surface area contributed by atoms with Crippen LogP contribution in [0.5, 0.6) is 5.75 Å².